The Labute approximate surface area is 113 Å². The zero-order valence-electron chi connectivity index (χ0n) is 11.2. The topological polar surface area (TPSA) is 38.8 Å². The van der Waals surface area contributed by atoms with Crippen LogP contribution in [0.3, 0.4) is 0 Å². The quantitative estimate of drug-likeness (QED) is 0.755. The van der Waals surface area contributed by atoms with E-state index in [9.17, 15) is 4.79 Å². The van der Waals surface area contributed by atoms with E-state index in [0.29, 0.717) is 6.54 Å². The van der Waals surface area contributed by atoms with E-state index in [4.69, 9.17) is 9.47 Å². The first-order chi connectivity index (χ1) is 9.28. The fraction of sp³-hybridized carbons (Fsp3) is 0.400. The molecule has 0 N–H and O–H groups in total. The second-order valence-corrected chi connectivity index (χ2v) is 4.46. The van der Waals surface area contributed by atoms with Gasteiger partial charge in [0.2, 0.25) is 0 Å². The monoisotopic (exact) mass is 261 g/mol. The van der Waals surface area contributed by atoms with E-state index in [0.717, 1.165) is 37.6 Å². The van der Waals surface area contributed by atoms with Crippen molar-refractivity contribution in [3.05, 3.63) is 35.9 Å². The summed E-state index contributed by atoms with van der Waals surface area (Å²) >= 11 is 0. The van der Waals surface area contributed by atoms with E-state index in [1.54, 1.807) is 13.2 Å². The number of hydrogen-bond acceptors (Lipinski definition) is 4. The Morgan fingerprint density at radius 3 is 2.63 bits per heavy atom. The first-order valence-electron chi connectivity index (χ1n) is 6.43. The molecular formula is C15H19NO3. The number of morpholine rings is 1. The second kappa shape index (κ2) is 7.07. The molecule has 0 aromatic heterocycles. The summed E-state index contributed by atoms with van der Waals surface area (Å²) < 4.78 is 10.3. The molecule has 1 aliphatic rings. The number of ether oxygens (including phenoxy) is 2. The van der Waals surface area contributed by atoms with Crippen molar-refractivity contribution in [2.45, 2.75) is 0 Å². The van der Waals surface area contributed by atoms with Gasteiger partial charge in [-0.1, -0.05) is 18.2 Å². The zero-order chi connectivity index (χ0) is 13.5. The van der Waals surface area contributed by atoms with E-state index in [2.05, 4.69) is 4.90 Å². The van der Waals surface area contributed by atoms with E-state index >= 15 is 0 Å². The molecule has 0 bridgehead atoms. The predicted octanol–water partition coefficient (Wildman–Crippen LogP) is 1.61. The van der Waals surface area contributed by atoms with E-state index in [1.807, 2.05) is 30.3 Å². The molecule has 0 unspecified atom stereocenters. The number of methoxy groups -OCH3 is 1. The fourth-order valence-electron chi connectivity index (χ4n) is 1.94. The van der Waals surface area contributed by atoms with Crippen molar-refractivity contribution >= 4 is 11.9 Å². The molecule has 0 saturated carbocycles. The highest BCUT2D eigenvalue weighted by Gasteiger charge is 2.12. The summed E-state index contributed by atoms with van der Waals surface area (Å²) in [6.07, 6.45) is 3.47. The molecule has 1 aromatic carbocycles. The minimum absolute atomic E-state index is 0.123. The van der Waals surface area contributed by atoms with Crippen molar-refractivity contribution in [2.75, 3.05) is 40.0 Å². The lowest BCUT2D eigenvalue weighted by molar-refractivity contribution is -0.116. The van der Waals surface area contributed by atoms with Crippen LogP contribution in [0, 0.1) is 0 Å². The summed E-state index contributed by atoms with van der Waals surface area (Å²) in [5.74, 6) is 0.939. The Bertz CT molecular complexity index is 433. The standard InChI is InChI=1S/C15H19NO3/c1-18-15-6-3-13(4-7-15)2-5-14(17)12-16-8-10-19-11-9-16/h2-7H,8-12H2,1H3. The van der Waals surface area contributed by atoms with E-state index in [1.165, 1.54) is 0 Å². The van der Waals surface area contributed by atoms with Crippen molar-refractivity contribution in [3.63, 3.8) is 0 Å². The Morgan fingerprint density at radius 1 is 1.32 bits per heavy atom. The van der Waals surface area contributed by atoms with Crippen molar-refractivity contribution < 1.29 is 14.3 Å². The van der Waals surface area contributed by atoms with Crippen molar-refractivity contribution in [3.8, 4) is 5.75 Å². The minimum atomic E-state index is 0.123. The predicted molar refractivity (Wildman–Crippen MR) is 74.3 cm³/mol. The van der Waals surface area contributed by atoms with Crippen LogP contribution in [-0.4, -0.2) is 50.6 Å². The maximum absolute atomic E-state index is 11.8. The molecule has 1 heterocycles. The van der Waals surface area contributed by atoms with Crippen LogP contribution in [0.5, 0.6) is 5.75 Å². The fourth-order valence-corrected chi connectivity index (χ4v) is 1.94. The highest BCUT2D eigenvalue weighted by Crippen LogP contribution is 2.12. The lowest BCUT2D eigenvalue weighted by Crippen LogP contribution is -2.39. The smallest absolute Gasteiger partial charge is 0.169 e. The van der Waals surface area contributed by atoms with Gasteiger partial charge in [0.05, 0.1) is 26.9 Å². The number of carbonyl (C=O) groups is 1. The van der Waals surface area contributed by atoms with Gasteiger partial charge in [0.25, 0.3) is 0 Å². The van der Waals surface area contributed by atoms with Gasteiger partial charge in [-0.15, -0.1) is 0 Å². The molecule has 102 valence electrons. The van der Waals surface area contributed by atoms with E-state index in [-0.39, 0.29) is 5.78 Å². The molecule has 1 saturated heterocycles. The number of benzene rings is 1. The number of rotatable bonds is 5. The SMILES string of the molecule is COc1ccc(C=CC(=O)CN2CCOCC2)cc1. The average molecular weight is 261 g/mol. The van der Waals surface area contributed by atoms with Gasteiger partial charge in [0.1, 0.15) is 5.75 Å². The van der Waals surface area contributed by atoms with Gasteiger partial charge in [0, 0.05) is 13.1 Å². The van der Waals surface area contributed by atoms with Crippen LogP contribution in [-0.2, 0) is 9.53 Å². The van der Waals surface area contributed by atoms with Gasteiger partial charge in [-0.2, -0.15) is 0 Å². The van der Waals surface area contributed by atoms with Gasteiger partial charge < -0.3 is 9.47 Å². The third kappa shape index (κ3) is 4.50. The lowest BCUT2D eigenvalue weighted by atomic mass is 10.2. The van der Waals surface area contributed by atoms with Crippen LogP contribution < -0.4 is 4.74 Å². The molecule has 0 atom stereocenters. The first kappa shape index (κ1) is 13.8. The highest BCUT2D eigenvalue weighted by atomic mass is 16.5. The summed E-state index contributed by atoms with van der Waals surface area (Å²) in [5, 5.41) is 0. The van der Waals surface area contributed by atoms with Gasteiger partial charge in [0.15, 0.2) is 5.78 Å². The van der Waals surface area contributed by atoms with Crippen molar-refractivity contribution in [1.29, 1.82) is 0 Å². The van der Waals surface area contributed by atoms with Crippen LogP contribution in [0.2, 0.25) is 0 Å². The van der Waals surface area contributed by atoms with Gasteiger partial charge >= 0.3 is 0 Å². The molecule has 0 aliphatic carbocycles. The van der Waals surface area contributed by atoms with Gasteiger partial charge in [-0.25, -0.2) is 0 Å². The summed E-state index contributed by atoms with van der Waals surface area (Å²) in [6.45, 7) is 3.57. The second-order valence-electron chi connectivity index (χ2n) is 4.46. The Kier molecular flexibility index (Phi) is 5.12. The number of nitrogens with zero attached hydrogens (tertiary/aromatic N) is 1. The molecule has 4 heteroatoms. The lowest BCUT2D eigenvalue weighted by Gasteiger charge is -2.25. The zero-order valence-corrected chi connectivity index (χ0v) is 11.2. The number of hydrogen-bond donors (Lipinski definition) is 0. The summed E-state index contributed by atoms with van der Waals surface area (Å²) in [6, 6.07) is 7.62. The molecule has 1 aliphatic heterocycles. The molecule has 2 rings (SSSR count). The maximum Gasteiger partial charge on any atom is 0.169 e. The largest absolute Gasteiger partial charge is 0.497 e. The third-order valence-electron chi connectivity index (χ3n) is 3.06. The molecular weight excluding hydrogens is 242 g/mol. The molecule has 1 fully saturated rings. The Hall–Kier alpha value is -1.65. The van der Waals surface area contributed by atoms with Crippen LogP contribution in [0.1, 0.15) is 5.56 Å². The Morgan fingerprint density at radius 2 is 2.00 bits per heavy atom. The van der Waals surface area contributed by atoms with Crippen LogP contribution in [0.15, 0.2) is 30.3 Å². The first-order valence-corrected chi connectivity index (χ1v) is 6.43. The third-order valence-corrected chi connectivity index (χ3v) is 3.06. The van der Waals surface area contributed by atoms with E-state index < -0.39 is 0 Å². The average Bonchev–Trinajstić information content (AvgIpc) is 2.47. The van der Waals surface area contributed by atoms with Crippen molar-refractivity contribution in [1.82, 2.24) is 4.90 Å². The summed E-state index contributed by atoms with van der Waals surface area (Å²) in [4.78, 5) is 13.9. The summed E-state index contributed by atoms with van der Waals surface area (Å²) in [5.41, 5.74) is 0.996. The molecule has 19 heavy (non-hydrogen) atoms. The molecule has 1 aromatic rings. The molecule has 0 spiro atoms. The van der Waals surface area contributed by atoms with Crippen LogP contribution >= 0.6 is 0 Å². The van der Waals surface area contributed by atoms with Crippen LogP contribution in [0.25, 0.3) is 6.08 Å². The summed E-state index contributed by atoms with van der Waals surface area (Å²) in [7, 11) is 1.64. The number of ketones is 1. The van der Waals surface area contributed by atoms with Crippen molar-refractivity contribution in [2.24, 2.45) is 0 Å². The normalized spacial score (nSPS) is 16.7. The van der Waals surface area contributed by atoms with Crippen LogP contribution in [0.4, 0.5) is 0 Å². The maximum atomic E-state index is 11.8. The minimum Gasteiger partial charge on any atom is -0.497 e. The highest BCUT2D eigenvalue weighted by molar-refractivity contribution is 5.95. The number of carbonyl (C=O) groups excluding carboxylic acids is 1. The molecule has 0 radical (unpaired) electrons. The van der Waals surface area contributed by atoms with Gasteiger partial charge in [-0.05, 0) is 23.8 Å². The molecule has 0 amide bonds. The Balaban J connectivity index is 1.84. The molecule has 4 nitrogen and oxygen atoms in total. The van der Waals surface area contributed by atoms with Gasteiger partial charge in [-0.3, -0.25) is 9.69 Å².